The number of benzene rings is 1. The second-order valence-electron chi connectivity index (χ2n) is 5.13. The van der Waals surface area contributed by atoms with E-state index in [4.69, 9.17) is 5.73 Å². The molecule has 0 atom stereocenters. The van der Waals surface area contributed by atoms with Crippen LogP contribution in [-0.2, 0) is 5.41 Å². The maximum atomic E-state index is 13.5. The minimum Gasteiger partial charge on any atom is -0.383 e. The monoisotopic (exact) mass is 236 g/mol. The SMILES string of the molecule is CC(C)(C)c1cc2cc(F)cc(F)c2nc1N. The van der Waals surface area contributed by atoms with Crippen molar-refractivity contribution in [2.75, 3.05) is 5.73 Å². The molecular formula is C13H14F2N2. The van der Waals surface area contributed by atoms with Crippen LogP contribution in [0.1, 0.15) is 26.3 Å². The van der Waals surface area contributed by atoms with Crippen molar-refractivity contribution in [1.82, 2.24) is 4.98 Å². The quantitative estimate of drug-likeness (QED) is 0.761. The lowest BCUT2D eigenvalue weighted by atomic mass is 9.86. The van der Waals surface area contributed by atoms with Crippen LogP contribution in [0.4, 0.5) is 14.6 Å². The summed E-state index contributed by atoms with van der Waals surface area (Å²) < 4.78 is 26.6. The van der Waals surface area contributed by atoms with Gasteiger partial charge in [0.2, 0.25) is 0 Å². The summed E-state index contributed by atoms with van der Waals surface area (Å²) in [5.74, 6) is -1.01. The van der Waals surface area contributed by atoms with Crippen LogP contribution < -0.4 is 5.73 Å². The zero-order chi connectivity index (χ0) is 12.8. The van der Waals surface area contributed by atoms with Gasteiger partial charge in [-0.25, -0.2) is 13.8 Å². The third-order valence-corrected chi connectivity index (χ3v) is 2.67. The molecule has 4 heteroatoms. The van der Waals surface area contributed by atoms with E-state index in [9.17, 15) is 8.78 Å². The molecule has 0 aliphatic carbocycles. The Morgan fingerprint density at radius 1 is 1.12 bits per heavy atom. The number of hydrogen-bond donors (Lipinski definition) is 1. The van der Waals surface area contributed by atoms with Gasteiger partial charge in [0, 0.05) is 17.0 Å². The summed E-state index contributed by atoms with van der Waals surface area (Å²) in [7, 11) is 0. The zero-order valence-electron chi connectivity index (χ0n) is 10.0. The van der Waals surface area contributed by atoms with Crippen molar-refractivity contribution in [3.05, 3.63) is 35.4 Å². The highest BCUT2D eigenvalue weighted by atomic mass is 19.1. The van der Waals surface area contributed by atoms with E-state index in [1.165, 1.54) is 6.07 Å². The standard InChI is InChI=1S/C13H14F2N2/c1-13(2,3)9-5-7-4-8(14)6-10(15)11(7)17-12(9)16/h4-6H,1-3H3,(H2,16,17). The Morgan fingerprint density at radius 3 is 2.35 bits per heavy atom. The molecule has 0 bridgehead atoms. The molecule has 90 valence electrons. The molecule has 1 heterocycles. The van der Waals surface area contributed by atoms with E-state index in [1.54, 1.807) is 6.07 Å². The number of aromatic nitrogens is 1. The summed E-state index contributed by atoms with van der Waals surface area (Å²) in [4.78, 5) is 4.02. The third-order valence-electron chi connectivity index (χ3n) is 2.67. The number of pyridine rings is 1. The van der Waals surface area contributed by atoms with Crippen LogP contribution in [0.15, 0.2) is 18.2 Å². The lowest BCUT2D eigenvalue weighted by molar-refractivity contribution is 0.584. The average molecular weight is 236 g/mol. The summed E-state index contributed by atoms with van der Waals surface area (Å²) >= 11 is 0. The highest BCUT2D eigenvalue weighted by Crippen LogP contribution is 2.30. The van der Waals surface area contributed by atoms with E-state index >= 15 is 0 Å². The molecule has 0 radical (unpaired) electrons. The fraction of sp³-hybridized carbons (Fsp3) is 0.308. The Bertz CT molecular complexity index is 586. The molecule has 0 aliphatic heterocycles. The van der Waals surface area contributed by atoms with Gasteiger partial charge < -0.3 is 5.73 Å². The number of hydrogen-bond acceptors (Lipinski definition) is 2. The summed E-state index contributed by atoms with van der Waals surface area (Å²) in [5, 5.41) is 0.432. The van der Waals surface area contributed by atoms with Gasteiger partial charge in [-0.05, 0) is 17.5 Å². The van der Waals surface area contributed by atoms with Crippen LogP contribution in [0.25, 0.3) is 10.9 Å². The Balaban J connectivity index is 2.81. The highest BCUT2D eigenvalue weighted by molar-refractivity contribution is 5.82. The molecule has 0 saturated heterocycles. The second-order valence-corrected chi connectivity index (χ2v) is 5.13. The number of fused-ring (bicyclic) bond motifs is 1. The number of nitrogen functional groups attached to an aromatic ring is 1. The first-order valence-corrected chi connectivity index (χ1v) is 5.35. The molecule has 2 N–H and O–H groups in total. The molecule has 0 fully saturated rings. The number of rotatable bonds is 0. The number of halogens is 2. The van der Waals surface area contributed by atoms with E-state index in [0.29, 0.717) is 5.39 Å². The number of nitrogens with zero attached hydrogens (tertiary/aromatic N) is 1. The summed E-state index contributed by atoms with van der Waals surface area (Å²) in [6.07, 6.45) is 0. The van der Waals surface area contributed by atoms with Crippen LogP contribution in [-0.4, -0.2) is 4.98 Å². The zero-order valence-corrected chi connectivity index (χ0v) is 10.0. The molecule has 2 aromatic rings. The topological polar surface area (TPSA) is 38.9 Å². The predicted molar refractivity (Wildman–Crippen MR) is 64.8 cm³/mol. The first-order valence-electron chi connectivity index (χ1n) is 5.35. The van der Waals surface area contributed by atoms with Crippen molar-refractivity contribution in [2.45, 2.75) is 26.2 Å². The van der Waals surface area contributed by atoms with E-state index in [0.717, 1.165) is 11.6 Å². The fourth-order valence-corrected chi connectivity index (χ4v) is 1.82. The molecule has 17 heavy (non-hydrogen) atoms. The van der Waals surface area contributed by atoms with Crippen LogP contribution >= 0.6 is 0 Å². The van der Waals surface area contributed by atoms with Crippen LogP contribution in [0.2, 0.25) is 0 Å². The van der Waals surface area contributed by atoms with Crippen molar-refractivity contribution in [3.63, 3.8) is 0 Å². The van der Waals surface area contributed by atoms with E-state index in [-0.39, 0.29) is 16.7 Å². The molecule has 0 spiro atoms. The Hall–Kier alpha value is -1.71. The summed E-state index contributed by atoms with van der Waals surface area (Å²) in [6.45, 7) is 5.92. The maximum absolute atomic E-state index is 13.5. The van der Waals surface area contributed by atoms with Crippen molar-refractivity contribution in [2.24, 2.45) is 0 Å². The third kappa shape index (κ3) is 2.07. The number of anilines is 1. The molecule has 2 rings (SSSR count). The Kier molecular flexibility index (Phi) is 2.53. The van der Waals surface area contributed by atoms with Gasteiger partial charge >= 0.3 is 0 Å². The average Bonchev–Trinajstić information content (AvgIpc) is 2.16. The minimum absolute atomic E-state index is 0.108. The lowest BCUT2D eigenvalue weighted by Gasteiger charge is -2.21. The molecule has 0 unspecified atom stereocenters. The van der Waals surface area contributed by atoms with E-state index < -0.39 is 11.6 Å². The highest BCUT2D eigenvalue weighted by Gasteiger charge is 2.19. The van der Waals surface area contributed by atoms with Gasteiger partial charge in [-0.1, -0.05) is 20.8 Å². The molecule has 1 aromatic carbocycles. The Morgan fingerprint density at radius 2 is 1.76 bits per heavy atom. The van der Waals surface area contributed by atoms with Crippen molar-refractivity contribution in [3.8, 4) is 0 Å². The van der Waals surface area contributed by atoms with Gasteiger partial charge in [-0.15, -0.1) is 0 Å². The van der Waals surface area contributed by atoms with Gasteiger partial charge in [-0.2, -0.15) is 0 Å². The minimum atomic E-state index is -0.688. The van der Waals surface area contributed by atoms with Crippen LogP contribution in [0, 0.1) is 11.6 Å². The van der Waals surface area contributed by atoms with Gasteiger partial charge in [0.15, 0.2) is 5.82 Å². The van der Waals surface area contributed by atoms with E-state index in [2.05, 4.69) is 4.98 Å². The smallest absolute Gasteiger partial charge is 0.152 e. The second kappa shape index (κ2) is 3.65. The molecule has 1 aromatic heterocycles. The van der Waals surface area contributed by atoms with Crippen molar-refractivity contribution >= 4 is 16.7 Å². The normalized spacial score (nSPS) is 12.1. The van der Waals surface area contributed by atoms with Crippen LogP contribution in [0.3, 0.4) is 0 Å². The van der Waals surface area contributed by atoms with Gasteiger partial charge in [0.1, 0.15) is 17.2 Å². The lowest BCUT2D eigenvalue weighted by Crippen LogP contribution is -2.15. The summed E-state index contributed by atoms with van der Waals surface area (Å²) in [5.41, 5.74) is 6.49. The predicted octanol–water partition coefficient (Wildman–Crippen LogP) is 3.39. The van der Waals surface area contributed by atoms with Crippen molar-refractivity contribution in [1.29, 1.82) is 0 Å². The van der Waals surface area contributed by atoms with Crippen molar-refractivity contribution < 1.29 is 8.78 Å². The fourth-order valence-electron chi connectivity index (χ4n) is 1.82. The van der Waals surface area contributed by atoms with Crippen LogP contribution in [0.5, 0.6) is 0 Å². The molecule has 0 amide bonds. The largest absolute Gasteiger partial charge is 0.383 e. The van der Waals surface area contributed by atoms with Gasteiger partial charge in [0.25, 0.3) is 0 Å². The first-order chi connectivity index (χ1) is 7.79. The molecule has 2 nitrogen and oxygen atoms in total. The van der Waals surface area contributed by atoms with Gasteiger partial charge in [-0.3, -0.25) is 0 Å². The summed E-state index contributed by atoms with van der Waals surface area (Å²) in [6, 6.07) is 3.77. The molecule has 0 saturated carbocycles. The molecule has 0 aliphatic rings. The molecular weight excluding hydrogens is 222 g/mol. The van der Waals surface area contributed by atoms with Gasteiger partial charge in [0.05, 0.1) is 0 Å². The van der Waals surface area contributed by atoms with E-state index in [1.807, 2.05) is 20.8 Å². The maximum Gasteiger partial charge on any atom is 0.152 e. The first kappa shape index (κ1) is 11.8. The Labute approximate surface area is 98.5 Å². The number of nitrogens with two attached hydrogens (primary N) is 1.